The summed E-state index contributed by atoms with van der Waals surface area (Å²) in [6.07, 6.45) is 2.39. The van der Waals surface area contributed by atoms with Gasteiger partial charge in [0.15, 0.2) is 5.96 Å². The summed E-state index contributed by atoms with van der Waals surface area (Å²) in [5, 5.41) is 6.56. The second kappa shape index (κ2) is 10.9. The van der Waals surface area contributed by atoms with Gasteiger partial charge in [0.1, 0.15) is 11.5 Å². The number of guanidine groups is 1. The lowest BCUT2D eigenvalue weighted by atomic mass is 10.2. The molecule has 1 unspecified atom stereocenters. The van der Waals surface area contributed by atoms with E-state index in [2.05, 4.69) is 32.2 Å². The Kier molecular flexibility index (Phi) is 8.57. The number of aliphatic imine (C=N–C) groups is 1. The molecule has 0 amide bonds. The second-order valence-electron chi connectivity index (χ2n) is 6.35. The fourth-order valence-corrected chi connectivity index (χ4v) is 3.26. The van der Waals surface area contributed by atoms with Crippen LogP contribution in [-0.2, 0) is 6.54 Å². The molecular formula is C19H30F2N4O2. The summed E-state index contributed by atoms with van der Waals surface area (Å²) in [5.74, 6) is 1.21. The van der Waals surface area contributed by atoms with Crippen LogP contribution in [0.3, 0.4) is 0 Å². The van der Waals surface area contributed by atoms with Gasteiger partial charge in [-0.3, -0.25) is 4.90 Å². The number of benzene rings is 1. The molecule has 1 aliphatic rings. The summed E-state index contributed by atoms with van der Waals surface area (Å²) in [4.78, 5) is 6.98. The van der Waals surface area contributed by atoms with Crippen LogP contribution in [0.5, 0.6) is 11.5 Å². The maximum Gasteiger partial charge on any atom is 0.387 e. The molecule has 1 fully saturated rings. The van der Waals surface area contributed by atoms with Crippen LogP contribution in [0.1, 0.15) is 32.3 Å². The zero-order chi connectivity index (χ0) is 19.6. The van der Waals surface area contributed by atoms with Crippen molar-refractivity contribution < 1.29 is 18.3 Å². The van der Waals surface area contributed by atoms with Crippen LogP contribution in [0.4, 0.5) is 8.78 Å². The number of likely N-dealkylation sites (tertiary alicyclic amines) is 1. The molecule has 152 valence electrons. The maximum absolute atomic E-state index is 12.7. The smallest absolute Gasteiger partial charge is 0.387 e. The Morgan fingerprint density at radius 2 is 2.15 bits per heavy atom. The Balaban J connectivity index is 2.04. The second-order valence-corrected chi connectivity index (χ2v) is 6.35. The minimum absolute atomic E-state index is 0.0805. The highest BCUT2D eigenvalue weighted by Crippen LogP contribution is 2.27. The SMILES string of the molecule is CCNC(=NCc1ccc(OC)cc1OC(F)F)NCC1CCCN1CC. The van der Waals surface area contributed by atoms with Gasteiger partial charge in [0, 0.05) is 30.8 Å². The molecule has 27 heavy (non-hydrogen) atoms. The normalized spacial score (nSPS) is 18.0. The molecule has 1 heterocycles. The van der Waals surface area contributed by atoms with E-state index in [-0.39, 0.29) is 12.3 Å². The van der Waals surface area contributed by atoms with Gasteiger partial charge in [0.2, 0.25) is 0 Å². The third-order valence-corrected chi connectivity index (χ3v) is 4.65. The van der Waals surface area contributed by atoms with E-state index in [1.54, 1.807) is 12.1 Å². The number of hydrogen-bond acceptors (Lipinski definition) is 4. The number of rotatable bonds is 9. The zero-order valence-corrected chi connectivity index (χ0v) is 16.3. The average molecular weight is 384 g/mol. The van der Waals surface area contributed by atoms with Crippen LogP contribution in [-0.4, -0.2) is 56.8 Å². The number of likely N-dealkylation sites (N-methyl/N-ethyl adjacent to an activating group) is 1. The quantitative estimate of drug-likeness (QED) is 0.507. The van der Waals surface area contributed by atoms with Crippen LogP contribution in [0.2, 0.25) is 0 Å². The summed E-state index contributed by atoms with van der Waals surface area (Å²) in [6, 6.07) is 5.35. The van der Waals surface area contributed by atoms with Crippen LogP contribution in [0, 0.1) is 0 Å². The van der Waals surface area contributed by atoms with Crippen molar-refractivity contribution in [3.8, 4) is 11.5 Å². The van der Waals surface area contributed by atoms with E-state index >= 15 is 0 Å². The molecular weight excluding hydrogens is 354 g/mol. The standard InChI is InChI=1S/C19H30F2N4O2/c1-4-22-19(24-13-15-7-6-10-25(15)5-2)23-12-14-8-9-16(26-3)11-17(14)27-18(20)21/h8-9,11,15,18H,4-7,10,12-13H2,1-3H3,(H2,22,23,24). The van der Waals surface area contributed by atoms with E-state index in [0.717, 1.165) is 26.2 Å². The number of hydrogen-bond donors (Lipinski definition) is 2. The molecule has 1 saturated heterocycles. The molecule has 0 bridgehead atoms. The van der Waals surface area contributed by atoms with E-state index in [0.29, 0.717) is 23.3 Å². The van der Waals surface area contributed by atoms with Gasteiger partial charge in [-0.25, -0.2) is 4.99 Å². The van der Waals surface area contributed by atoms with Gasteiger partial charge >= 0.3 is 6.61 Å². The molecule has 1 aromatic rings. The Morgan fingerprint density at radius 1 is 1.33 bits per heavy atom. The molecule has 1 aromatic carbocycles. The Morgan fingerprint density at radius 3 is 2.81 bits per heavy atom. The summed E-state index contributed by atoms with van der Waals surface area (Å²) >= 11 is 0. The summed E-state index contributed by atoms with van der Waals surface area (Å²) < 4.78 is 35.1. The lowest BCUT2D eigenvalue weighted by Gasteiger charge is -2.24. The zero-order valence-electron chi connectivity index (χ0n) is 16.3. The fraction of sp³-hybridized carbons (Fsp3) is 0.632. The third kappa shape index (κ3) is 6.53. The monoisotopic (exact) mass is 384 g/mol. The van der Waals surface area contributed by atoms with E-state index in [9.17, 15) is 8.78 Å². The molecule has 0 radical (unpaired) electrons. The van der Waals surface area contributed by atoms with Crippen LogP contribution in [0.15, 0.2) is 23.2 Å². The highest BCUT2D eigenvalue weighted by Gasteiger charge is 2.22. The summed E-state index contributed by atoms with van der Waals surface area (Å²) in [7, 11) is 1.48. The number of methoxy groups -OCH3 is 1. The predicted molar refractivity (Wildman–Crippen MR) is 103 cm³/mol. The molecule has 0 aromatic heterocycles. The fourth-order valence-electron chi connectivity index (χ4n) is 3.26. The van der Waals surface area contributed by atoms with Crippen molar-refractivity contribution in [2.24, 2.45) is 4.99 Å². The highest BCUT2D eigenvalue weighted by molar-refractivity contribution is 5.79. The van der Waals surface area contributed by atoms with Gasteiger partial charge in [-0.15, -0.1) is 0 Å². The molecule has 1 aliphatic heterocycles. The average Bonchev–Trinajstić information content (AvgIpc) is 3.11. The molecule has 0 saturated carbocycles. The molecule has 2 rings (SSSR count). The molecule has 1 atom stereocenters. The van der Waals surface area contributed by atoms with E-state index in [1.807, 2.05) is 6.92 Å². The van der Waals surface area contributed by atoms with Crippen molar-refractivity contribution in [3.05, 3.63) is 23.8 Å². The third-order valence-electron chi connectivity index (χ3n) is 4.65. The minimum atomic E-state index is -2.89. The molecule has 6 nitrogen and oxygen atoms in total. The first-order valence-electron chi connectivity index (χ1n) is 9.45. The van der Waals surface area contributed by atoms with Gasteiger partial charge in [0.25, 0.3) is 0 Å². The lowest BCUT2D eigenvalue weighted by molar-refractivity contribution is -0.0505. The van der Waals surface area contributed by atoms with Crippen molar-refractivity contribution in [3.63, 3.8) is 0 Å². The predicted octanol–water partition coefficient (Wildman–Crippen LogP) is 2.84. The van der Waals surface area contributed by atoms with Crippen molar-refractivity contribution in [2.75, 3.05) is 33.3 Å². The van der Waals surface area contributed by atoms with Crippen molar-refractivity contribution in [2.45, 2.75) is 45.9 Å². The first-order chi connectivity index (χ1) is 13.1. The van der Waals surface area contributed by atoms with Crippen molar-refractivity contribution >= 4 is 5.96 Å². The van der Waals surface area contributed by atoms with Crippen LogP contribution < -0.4 is 20.1 Å². The summed E-state index contributed by atoms with van der Waals surface area (Å²) in [6.45, 7) is 5.20. The lowest BCUT2D eigenvalue weighted by Crippen LogP contribution is -2.44. The van der Waals surface area contributed by atoms with Gasteiger partial charge in [-0.2, -0.15) is 8.78 Å². The largest absolute Gasteiger partial charge is 0.497 e. The number of ether oxygens (including phenoxy) is 2. The van der Waals surface area contributed by atoms with Gasteiger partial charge in [-0.05, 0) is 45.0 Å². The van der Waals surface area contributed by atoms with Crippen LogP contribution in [0.25, 0.3) is 0 Å². The number of halogens is 2. The number of nitrogens with one attached hydrogen (secondary N) is 2. The first kappa shape index (κ1) is 21.2. The molecule has 0 aliphatic carbocycles. The topological polar surface area (TPSA) is 58.1 Å². The van der Waals surface area contributed by atoms with Gasteiger partial charge in [-0.1, -0.05) is 6.92 Å². The molecule has 8 heteroatoms. The number of alkyl halides is 2. The first-order valence-corrected chi connectivity index (χ1v) is 9.45. The molecule has 2 N–H and O–H groups in total. The van der Waals surface area contributed by atoms with E-state index in [1.165, 1.54) is 26.0 Å². The Labute approximate surface area is 159 Å². The van der Waals surface area contributed by atoms with Crippen molar-refractivity contribution in [1.82, 2.24) is 15.5 Å². The van der Waals surface area contributed by atoms with E-state index < -0.39 is 6.61 Å². The van der Waals surface area contributed by atoms with Crippen molar-refractivity contribution in [1.29, 1.82) is 0 Å². The Bertz CT molecular complexity index is 613. The van der Waals surface area contributed by atoms with Gasteiger partial charge < -0.3 is 20.1 Å². The van der Waals surface area contributed by atoms with Crippen LogP contribution >= 0.6 is 0 Å². The Hall–Kier alpha value is -2.09. The highest BCUT2D eigenvalue weighted by atomic mass is 19.3. The maximum atomic E-state index is 12.7. The van der Waals surface area contributed by atoms with E-state index in [4.69, 9.17) is 4.74 Å². The summed E-state index contributed by atoms with van der Waals surface area (Å²) in [5.41, 5.74) is 0.573. The minimum Gasteiger partial charge on any atom is -0.497 e. The van der Waals surface area contributed by atoms with Gasteiger partial charge in [0.05, 0.1) is 13.7 Å². The molecule has 0 spiro atoms. The number of nitrogens with zero attached hydrogens (tertiary/aromatic N) is 2.